The Morgan fingerprint density at radius 2 is 2.12 bits per heavy atom. The maximum Gasteiger partial charge on any atom is 0.325 e. The van der Waals surface area contributed by atoms with Crippen LogP contribution in [0, 0.1) is 0 Å². The van der Waals surface area contributed by atoms with Crippen molar-refractivity contribution in [1.82, 2.24) is 10.2 Å². The van der Waals surface area contributed by atoms with Gasteiger partial charge in [-0.25, -0.2) is 4.79 Å². The summed E-state index contributed by atoms with van der Waals surface area (Å²) < 4.78 is 5.28. The second kappa shape index (κ2) is 4.69. The lowest BCUT2D eigenvalue weighted by atomic mass is 10.0. The molecule has 1 atom stereocenters. The summed E-state index contributed by atoms with van der Waals surface area (Å²) in [5.74, 6) is -1.04. The van der Waals surface area contributed by atoms with E-state index in [1.54, 1.807) is 4.90 Å². The van der Waals surface area contributed by atoms with Gasteiger partial charge in [-0.05, 0) is 20.8 Å². The molecule has 6 nitrogen and oxygen atoms in total. The second-order valence-electron chi connectivity index (χ2n) is 4.53. The highest BCUT2D eigenvalue weighted by molar-refractivity contribution is 5.82. The molecule has 0 aromatic carbocycles. The molecule has 0 unspecified atom stereocenters. The van der Waals surface area contributed by atoms with Gasteiger partial charge in [-0.1, -0.05) is 0 Å². The molecule has 16 heavy (non-hydrogen) atoms. The molecule has 1 aliphatic rings. The highest BCUT2D eigenvalue weighted by atomic mass is 16.5. The van der Waals surface area contributed by atoms with Crippen LogP contribution in [-0.4, -0.2) is 53.3 Å². The number of carboxylic acid groups (broad SMARTS) is 1. The van der Waals surface area contributed by atoms with E-state index in [0.29, 0.717) is 19.8 Å². The van der Waals surface area contributed by atoms with Crippen LogP contribution in [0.3, 0.4) is 0 Å². The van der Waals surface area contributed by atoms with E-state index in [0.717, 1.165) is 0 Å². The number of hydrogen-bond donors (Lipinski definition) is 2. The van der Waals surface area contributed by atoms with Crippen molar-refractivity contribution in [3.8, 4) is 0 Å². The number of urea groups is 1. The van der Waals surface area contributed by atoms with Crippen molar-refractivity contribution in [3.05, 3.63) is 0 Å². The lowest BCUT2D eigenvalue weighted by Gasteiger charge is -2.42. The molecule has 2 amide bonds. The van der Waals surface area contributed by atoms with Gasteiger partial charge in [-0.15, -0.1) is 0 Å². The molecule has 0 aromatic heterocycles. The first-order valence-electron chi connectivity index (χ1n) is 5.23. The van der Waals surface area contributed by atoms with Gasteiger partial charge in [0.15, 0.2) is 0 Å². The number of carbonyl (C=O) groups excluding carboxylic acids is 1. The van der Waals surface area contributed by atoms with Crippen LogP contribution in [0.25, 0.3) is 0 Å². The number of hydrogen-bond acceptors (Lipinski definition) is 3. The SMILES string of the molecule is C[C@@H](NC(=O)N1CCOCC1(C)C)C(=O)O. The van der Waals surface area contributed by atoms with Gasteiger partial charge in [-0.2, -0.15) is 0 Å². The molecule has 0 aromatic rings. The monoisotopic (exact) mass is 230 g/mol. The molecule has 92 valence electrons. The van der Waals surface area contributed by atoms with E-state index in [9.17, 15) is 9.59 Å². The van der Waals surface area contributed by atoms with Crippen molar-refractivity contribution in [2.24, 2.45) is 0 Å². The van der Waals surface area contributed by atoms with Crippen LogP contribution in [0.1, 0.15) is 20.8 Å². The molecule has 0 spiro atoms. The lowest BCUT2D eigenvalue weighted by molar-refractivity contribution is -0.138. The van der Waals surface area contributed by atoms with Crippen molar-refractivity contribution >= 4 is 12.0 Å². The Labute approximate surface area is 94.6 Å². The fourth-order valence-corrected chi connectivity index (χ4v) is 1.56. The van der Waals surface area contributed by atoms with Crippen molar-refractivity contribution in [3.63, 3.8) is 0 Å². The standard InChI is InChI=1S/C10H18N2O4/c1-7(8(13)14)11-9(15)12-4-5-16-6-10(12,2)3/h7H,4-6H2,1-3H3,(H,11,15)(H,13,14)/t7-/m1/s1. The maximum absolute atomic E-state index is 11.8. The Hall–Kier alpha value is -1.30. The quantitative estimate of drug-likeness (QED) is 0.714. The number of carbonyl (C=O) groups is 2. The Balaban J connectivity index is 2.62. The normalized spacial score (nSPS) is 21.3. The topological polar surface area (TPSA) is 78.9 Å². The summed E-state index contributed by atoms with van der Waals surface area (Å²) in [7, 11) is 0. The Kier molecular flexibility index (Phi) is 3.74. The number of amides is 2. The van der Waals surface area contributed by atoms with Crippen molar-refractivity contribution in [2.45, 2.75) is 32.4 Å². The summed E-state index contributed by atoms with van der Waals surface area (Å²) in [4.78, 5) is 24.1. The molecular formula is C10H18N2O4. The molecule has 1 fully saturated rings. The zero-order valence-electron chi connectivity index (χ0n) is 9.82. The summed E-state index contributed by atoms with van der Waals surface area (Å²) >= 11 is 0. The predicted molar refractivity (Wildman–Crippen MR) is 57.2 cm³/mol. The highest BCUT2D eigenvalue weighted by Gasteiger charge is 2.34. The van der Waals surface area contributed by atoms with Gasteiger partial charge >= 0.3 is 12.0 Å². The largest absolute Gasteiger partial charge is 0.480 e. The minimum atomic E-state index is -1.04. The van der Waals surface area contributed by atoms with E-state index < -0.39 is 17.6 Å². The van der Waals surface area contributed by atoms with Gasteiger partial charge in [-0.3, -0.25) is 4.79 Å². The average molecular weight is 230 g/mol. The number of aliphatic carboxylic acids is 1. The van der Waals surface area contributed by atoms with E-state index >= 15 is 0 Å². The second-order valence-corrected chi connectivity index (χ2v) is 4.53. The van der Waals surface area contributed by atoms with E-state index in [2.05, 4.69) is 5.32 Å². The van der Waals surface area contributed by atoms with Gasteiger partial charge in [0.25, 0.3) is 0 Å². The van der Waals surface area contributed by atoms with Crippen molar-refractivity contribution in [1.29, 1.82) is 0 Å². The number of nitrogens with one attached hydrogen (secondary N) is 1. The summed E-state index contributed by atoms with van der Waals surface area (Å²) in [6.45, 7) is 6.63. The minimum Gasteiger partial charge on any atom is -0.480 e. The summed E-state index contributed by atoms with van der Waals surface area (Å²) in [6, 6.07) is -1.24. The Morgan fingerprint density at radius 3 is 2.62 bits per heavy atom. The zero-order valence-corrected chi connectivity index (χ0v) is 9.82. The van der Waals surface area contributed by atoms with Gasteiger partial charge in [0.1, 0.15) is 6.04 Å². The van der Waals surface area contributed by atoms with E-state index in [4.69, 9.17) is 9.84 Å². The Bertz CT molecular complexity index is 291. The van der Waals surface area contributed by atoms with Crippen LogP contribution in [0.15, 0.2) is 0 Å². The molecule has 1 heterocycles. The maximum atomic E-state index is 11.8. The number of morpholine rings is 1. The molecule has 0 saturated carbocycles. The van der Waals surface area contributed by atoms with Crippen LogP contribution < -0.4 is 5.32 Å². The number of nitrogens with zero attached hydrogens (tertiary/aromatic N) is 1. The first-order chi connectivity index (χ1) is 7.34. The summed E-state index contributed by atoms with van der Waals surface area (Å²) in [5, 5.41) is 11.1. The van der Waals surface area contributed by atoms with Gasteiger partial charge in [0.2, 0.25) is 0 Å². The number of rotatable bonds is 2. The zero-order chi connectivity index (χ0) is 12.3. The third-order valence-corrected chi connectivity index (χ3v) is 2.60. The molecule has 2 N–H and O–H groups in total. The highest BCUT2D eigenvalue weighted by Crippen LogP contribution is 2.18. The lowest BCUT2D eigenvalue weighted by Crippen LogP contribution is -2.59. The van der Waals surface area contributed by atoms with Crippen LogP contribution in [0.2, 0.25) is 0 Å². The van der Waals surface area contributed by atoms with Crippen molar-refractivity contribution in [2.75, 3.05) is 19.8 Å². The molecule has 1 rings (SSSR count). The molecule has 6 heteroatoms. The van der Waals surface area contributed by atoms with Gasteiger partial charge < -0.3 is 20.1 Å². The fourth-order valence-electron chi connectivity index (χ4n) is 1.56. The third-order valence-electron chi connectivity index (χ3n) is 2.60. The molecular weight excluding hydrogens is 212 g/mol. The smallest absolute Gasteiger partial charge is 0.325 e. The first kappa shape index (κ1) is 12.8. The fraction of sp³-hybridized carbons (Fsp3) is 0.800. The number of carboxylic acids is 1. The minimum absolute atomic E-state index is 0.358. The summed E-state index contributed by atoms with van der Waals surface area (Å²) in [6.07, 6.45) is 0. The molecule has 1 aliphatic heterocycles. The van der Waals surface area contributed by atoms with E-state index in [1.165, 1.54) is 6.92 Å². The van der Waals surface area contributed by atoms with Crippen LogP contribution in [-0.2, 0) is 9.53 Å². The van der Waals surface area contributed by atoms with Crippen LogP contribution in [0.5, 0.6) is 0 Å². The van der Waals surface area contributed by atoms with Crippen molar-refractivity contribution < 1.29 is 19.4 Å². The first-order valence-corrected chi connectivity index (χ1v) is 5.23. The molecule has 0 aliphatic carbocycles. The number of ether oxygens (including phenoxy) is 1. The molecule has 0 bridgehead atoms. The van der Waals surface area contributed by atoms with Gasteiger partial charge in [0, 0.05) is 6.54 Å². The summed E-state index contributed by atoms with van der Waals surface area (Å²) in [5.41, 5.74) is -0.402. The average Bonchev–Trinajstić information content (AvgIpc) is 2.16. The van der Waals surface area contributed by atoms with Gasteiger partial charge in [0.05, 0.1) is 18.8 Å². The van der Waals surface area contributed by atoms with Crippen LogP contribution >= 0.6 is 0 Å². The molecule has 1 saturated heterocycles. The Morgan fingerprint density at radius 1 is 1.50 bits per heavy atom. The predicted octanol–water partition coefficient (Wildman–Crippen LogP) is 0.280. The van der Waals surface area contributed by atoms with E-state index in [-0.39, 0.29) is 6.03 Å². The van der Waals surface area contributed by atoms with E-state index in [1.807, 2.05) is 13.8 Å². The third kappa shape index (κ3) is 2.85. The van der Waals surface area contributed by atoms with Crippen LogP contribution in [0.4, 0.5) is 4.79 Å². The molecule has 0 radical (unpaired) electrons.